The van der Waals surface area contributed by atoms with Gasteiger partial charge >= 0.3 is 0 Å². The van der Waals surface area contributed by atoms with Crippen molar-refractivity contribution in [1.29, 1.82) is 0 Å². The number of nitrogens with zero attached hydrogens (tertiary/aromatic N) is 1. The predicted octanol–water partition coefficient (Wildman–Crippen LogP) is 3.44. The minimum Gasteiger partial charge on any atom is -0.255 e. The minimum absolute atomic E-state index is 0.205. The van der Waals surface area contributed by atoms with E-state index in [1.807, 2.05) is 42.7 Å². The average Bonchev–Trinajstić information content (AvgIpc) is 2.60. The lowest BCUT2D eigenvalue weighted by Gasteiger charge is -2.09. The number of para-hydroxylation sites is 1. The Hall–Kier alpha value is -1.89. The van der Waals surface area contributed by atoms with Crippen LogP contribution in [0.3, 0.4) is 0 Å². The molecule has 0 unspecified atom stereocenters. The van der Waals surface area contributed by atoms with Crippen LogP contribution in [0.1, 0.15) is 5.56 Å². The van der Waals surface area contributed by atoms with Gasteiger partial charge in [0.15, 0.2) is 0 Å². The molecule has 2 aromatic carbocycles. The maximum absolute atomic E-state index is 12.6. The van der Waals surface area contributed by atoms with Crippen molar-refractivity contribution in [2.24, 2.45) is 0 Å². The van der Waals surface area contributed by atoms with Gasteiger partial charge in [-0.1, -0.05) is 30.3 Å². The second-order valence-corrected chi connectivity index (χ2v) is 7.62. The molecule has 0 aliphatic carbocycles. The third-order valence-electron chi connectivity index (χ3n) is 3.51. The van der Waals surface area contributed by atoms with Gasteiger partial charge in [0.2, 0.25) is 10.0 Å². The lowest BCUT2D eigenvalue weighted by Crippen LogP contribution is -2.23. The number of benzene rings is 2. The number of thioether (sulfide) groups is 1. The van der Waals surface area contributed by atoms with Crippen molar-refractivity contribution in [2.45, 2.75) is 16.3 Å². The summed E-state index contributed by atoms with van der Waals surface area (Å²) in [6.07, 6.45) is 3.60. The van der Waals surface area contributed by atoms with Gasteiger partial charge in [0.25, 0.3) is 0 Å². The Bertz CT molecular complexity index is 917. The molecule has 0 bridgehead atoms. The summed E-state index contributed by atoms with van der Waals surface area (Å²) in [5.74, 6) is 0. The van der Waals surface area contributed by atoms with Crippen LogP contribution in [0.4, 0.5) is 0 Å². The van der Waals surface area contributed by atoms with E-state index in [-0.39, 0.29) is 11.4 Å². The number of aromatic nitrogens is 1. The lowest BCUT2D eigenvalue weighted by molar-refractivity contribution is 0.582. The van der Waals surface area contributed by atoms with Gasteiger partial charge in [-0.3, -0.25) is 4.98 Å². The van der Waals surface area contributed by atoms with E-state index in [0.717, 1.165) is 15.8 Å². The molecule has 118 valence electrons. The van der Waals surface area contributed by atoms with Gasteiger partial charge in [-0.2, -0.15) is 0 Å². The molecule has 1 N–H and O–H groups in total. The number of hydrogen-bond donors (Lipinski definition) is 1. The molecule has 0 saturated carbocycles. The van der Waals surface area contributed by atoms with Gasteiger partial charge in [-0.15, -0.1) is 11.8 Å². The zero-order valence-electron chi connectivity index (χ0n) is 12.6. The fourth-order valence-electron chi connectivity index (χ4n) is 2.29. The van der Waals surface area contributed by atoms with Crippen LogP contribution < -0.4 is 4.72 Å². The molecule has 3 rings (SSSR count). The van der Waals surface area contributed by atoms with E-state index in [4.69, 9.17) is 0 Å². The highest BCUT2D eigenvalue weighted by Gasteiger charge is 2.17. The van der Waals surface area contributed by atoms with Crippen LogP contribution in [0.25, 0.3) is 10.9 Å². The molecule has 1 heterocycles. The van der Waals surface area contributed by atoms with Gasteiger partial charge in [0.1, 0.15) is 4.90 Å². The van der Waals surface area contributed by atoms with Crippen LogP contribution in [0.15, 0.2) is 70.6 Å². The Morgan fingerprint density at radius 1 is 1.04 bits per heavy atom. The van der Waals surface area contributed by atoms with Crippen LogP contribution in [0.5, 0.6) is 0 Å². The summed E-state index contributed by atoms with van der Waals surface area (Å²) in [6, 6.07) is 16.6. The van der Waals surface area contributed by atoms with Gasteiger partial charge in [0.05, 0.1) is 5.52 Å². The van der Waals surface area contributed by atoms with E-state index in [1.54, 1.807) is 36.2 Å². The number of hydrogen-bond acceptors (Lipinski definition) is 4. The first-order valence-corrected chi connectivity index (χ1v) is 9.77. The Balaban J connectivity index is 1.85. The van der Waals surface area contributed by atoms with Gasteiger partial charge in [-0.25, -0.2) is 13.1 Å². The van der Waals surface area contributed by atoms with E-state index in [9.17, 15) is 8.42 Å². The Morgan fingerprint density at radius 2 is 1.78 bits per heavy atom. The van der Waals surface area contributed by atoms with E-state index < -0.39 is 10.0 Å². The quantitative estimate of drug-likeness (QED) is 0.720. The van der Waals surface area contributed by atoms with Gasteiger partial charge in [0, 0.05) is 23.0 Å². The molecule has 4 nitrogen and oxygen atoms in total. The summed E-state index contributed by atoms with van der Waals surface area (Å²) in [6.45, 7) is 0.250. The zero-order valence-corrected chi connectivity index (χ0v) is 14.2. The molecular formula is C17H16N2O2S2. The number of sulfonamides is 1. The standard InChI is InChI=1S/C17H16N2O2S2/c1-22-15-9-7-13(8-10-15)12-19-23(20,21)16-6-2-4-14-5-3-11-18-17(14)16/h2-11,19H,12H2,1H3. The minimum atomic E-state index is -3.62. The van der Waals surface area contributed by atoms with Crippen LogP contribution in [-0.2, 0) is 16.6 Å². The lowest BCUT2D eigenvalue weighted by atomic mass is 10.2. The van der Waals surface area contributed by atoms with Crippen LogP contribution >= 0.6 is 11.8 Å². The summed E-state index contributed by atoms with van der Waals surface area (Å²) in [4.78, 5) is 5.56. The molecule has 0 saturated heterocycles. The van der Waals surface area contributed by atoms with E-state index in [0.29, 0.717) is 5.52 Å². The summed E-state index contributed by atoms with van der Waals surface area (Å²) in [5, 5.41) is 0.805. The average molecular weight is 344 g/mol. The first-order valence-electron chi connectivity index (χ1n) is 7.06. The fraction of sp³-hybridized carbons (Fsp3) is 0.118. The van der Waals surface area contributed by atoms with Crippen molar-refractivity contribution in [3.05, 3.63) is 66.4 Å². The van der Waals surface area contributed by atoms with Gasteiger partial charge in [-0.05, 0) is 36.1 Å². The Labute approximate surface area is 140 Å². The third kappa shape index (κ3) is 3.55. The molecule has 0 fully saturated rings. The molecule has 0 aliphatic rings. The Morgan fingerprint density at radius 3 is 2.52 bits per heavy atom. The monoisotopic (exact) mass is 344 g/mol. The molecule has 23 heavy (non-hydrogen) atoms. The zero-order chi connectivity index (χ0) is 16.3. The number of fused-ring (bicyclic) bond motifs is 1. The third-order valence-corrected chi connectivity index (χ3v) is 5.69. The summed E-state index contributed by atoms with van der Waals surface area (Å²) >= 11 is 1.65. The first kappa shape index (κ1) is 16.0. The molecule has 0 amide bonds. The van der Waals surface area contributed by atoms with Crippen molar-refractivity contribution in [3.8, 4) is 0 Å². The van der Waals surface area contributed by atoms with Crippen LogP contribution in [-0.4, -0.2) is 19.7 Å². The number of pyridine rings is 1. The normalized spacial score (nSPS) is 11.7. The van der Waals surface area contributed by atoms with Crippen LogP contribution in [0.2, 0.25) is 0 Å². The van der Waals surface area contributed by atoms with Gasteiger partial charge < -0.3 is 0 Å². The summed E-state index contributed by atoms with van der Waals surface area (Å²) in [7, 11) is -3.62. The second kappa shape index (κ2) is 6.70. The van der Waals surface area contributed by atoms with Crippen molar-refractivity contribution in [2.75, 3.05) is 6.26 Å². The molecule has 0 aliphatic heterocycles. The SMILES string of the molecule is CSc1ccc(CNS(=O)(=O)c2cccc3cccnc23)cc1. The summed E-state index contributed by atoms with van der Waals surface area (Å²) in [5.41, 5.74) is 1.40. The molecule has 1 aromatic heterocycles. The highest BCUT2D eigenvalue weighted by atomic mass is 32.2. The molecule has 3 aromatic rings. The Kier molecular flexibility index (Phi) is 4.66. The maximum atomic E-state index is 12.6. The highest BCUT2D eigenvalue weighted by Crippen LogP contribution is 2.21. The topological polar surface area (TPSA) is 59.1 Å². The maximum Gasteiger partial charge on any atom is 0.243 e. The molecule has 0 atom stereocenters. The first-order chi connectivity index (χ1) is 11.1. The van der Waals surface area contributed by atoms with Crippen molar-refractivity contribution in [1.82, 2.24) is 9.71 Å². The molecule has 0 spiro atoms. The predicted molar refractivity (Wildman–Crippen MR) is 94.0 cm³/mol. The van der Waals surface area contributed by atoms with E-state index in [1.165, 1.54) is 0 Å². The fourth-order valence-corrected chi connectivity index (χ4v) is 3.90. The van der Waals surface area contributed by atoms with E-state index >= 15 is 0 Å². The summed E-state index contributed by atoms with van der Waals surface area (Å²) < 4.78 is 27.8. The molecule has 6 heteroatoms. The van der Waals surface area contributed by atoms with E-state index in [2.05, 4.69) is 9.71 Å². The smallest absolute Gasteiger partial charge is 0.243 e. The van der Waals surface area contributed by atoms with Crippen molar-refractivity contribution in [3.63, 3.8) is 0 Å². The largest absolute Gasteiger partial charge is 0.255 e. The van der Waals surface area contributed by atoms with Crippen molar-refractivity contribution >= 4 is 32.7 Å². The number of rotatable bonds is 5. The highest BCUT2D eigenvalue weighted by molar-refractivity contribution is 7.98. The molecule has 0 radical (unpaired) electrons. The second-order valence-electron chi connectivity index (χ2n) is 5.00. The van der Waals surface area contributed by atoms with Crippen molar-refractivity contribution < 1.29 is 8.42 Å². The van der Waals surface area contributed by atoms with Crippen LogP contribution in [0, 0.1) is 0 Å². The number of nitrogens with one attached hydrogen (secondary N) is 1. The molecular weight excluding hydrogens is 328 g/mol.